The van der Waals surface area contributed by atoms with E-state index in [1.165, 1.54) is 18.4 Å². The molecule has 5 aliphatic rings. The van der Waals surface area contributed by atoms with Crippen LogP contribution in [-0.4, -0.2) is 34.5 Å². The van der Waals surface area contributed by atoms with Crippen molar-refractivity contribution in [3.05, 3.63) is 11.6 Å². The van der Waals surface area contributed by atoms with Gasteiger partial charge in [0, 0.05) is 7.11 Å². The van der Waals surface area contributed by atoms with E-state index in [1.807, 2.05) is 27.7 Å². The number of carboxylic acids is 1. The van der Waals surface area contributed by atoms with E-state index < -0.39 is 11.4 Å². The molecule has 0 spiro atoms. The van der Waals surface area contributed by atoms with Crippen molar-refractivity contribution in [2.45, 2.75) is 133 Å². The molecule has 0 aromatic heterocycles. The van der Waals surface area contributed by atoms with Crippen molar-refractivity contribution in [1.82, 2.24) is 0 Å². The van der Waals surface area contributed by atoms with Gasteiger partial charge in [-0.1, -0.05) is 74.0 Å². The Balaban J connectivity index is 0.000000750. The van der Waals surface area contributed by atoms with Crippen LogP contribution in [0.1, 0.15) is 127 Å². The zero-order valence-corrected chi connectivity index (χ0v) is 25.9. The van der Waals surface area contributed by atoms with Gasteiger partial charge in [-0.05, 0) is 110 Å². The normalized spacial score (nSPS) is 45.1. The quantitative estimate of drug-likeness (QED) is 0.305. The number of allylic oxidation sites excluding steroid dienone is 2. The molecule has 5 rings (SSSR count). The summed E-state index contributed by atoms with van der Waals surface area (Å²) in [6.45, 7) is 20.1. The van der Waals surface area contributed by atoms with Gasteiger partial charge in [0.2, 0.25) is 0 Å². The highest BCUT2D eigenvalue weighted by Gasteiger charge is 2.64. The third kappa shape index (κ3) is 5.20. The molecule has 3 N–H and O–H groups in total. The Bertz CT molecular complexity index is 802. The number of hydrogen-bond acceptors (Lipinski definition) is 3. The van der Waals surface area contributed by atoms with E-state index in [4.69, 9.17) is 5.11 Å². The van der Waals surface area contributed by atoms with Crippen LogP contribution in [0.25, 0.3) is 0 Å². The minimum Gasteiger partial charge on any atom is -0.481 e. The van der Waals surface area contributed by atoms with E-state index in [-0.39, 0.29) is 22.9 Å². The summed E-state index contributed by atoms with van der Waals surface area (Å²) in [6, 6.07) is 0. The Morgan fingerprint density at radius 3 is 2.03 bits per heavy atom. The van der Waals surface area contributed by atoms with Crippen LogP contribution in [0.2, 0.25) is 0 Å². The number of fused-ring (bicyclic) bond motifs is 7. The molecular formula is C33H60O4. The van der Waals surface area contributed by atoms with Gasteiger partial charge in [0.15, 0.2) is 0 Å². The van der Waals surface area contributed by atoms with E-state index in [0.717, 1.165) is 58.5 Å². The zero-order valence-electron chi connectivity index (χ0n) is 25.9. The second-order valence-electron chi connectivity index (χ2n) is 13.6. The topological polar surface area (TPSA) is 77.8 Å². The summed E-state index contributed by atoms with van der Waals surface area (Å²) in [4.78, 5) is 12.6. The van der Waals surface area contributed by atoms with Gasteiger partial charge in [-0.3, -0.25) is 4.79 Å². The van der Waals surface area contributed by atoms with Gasteiger partial charge in [-0.15, -0.1) is 0 Å². The lowest BCUT2D eigenvalue weighted by Crippen LogP contribution is -2.60. The molecule has 9 unspecified atom stereocenters. The fraction of sp³-hybridized carbons (Fsp3) is 0.909. The Morgan fingerprint density at radius 1 is 0.838 bits per heavy atom. The first-order valence-corrected chi connectivity index (χ1v) is 15.5. The first-order valence-electron chi connectivity index (χ1n) is 15.5. The van der Waals surface area contributed by atoms with Crippen molar-refractivity contribution >= 4 is 5.97 Å². The average Bonchev–Trinajstić information content (AvgIpc) is 2.89. The van der Waals surface area contributed by atoms with Crippen LogP contribution in [0.3, 0.4) is 0 Å². The molecule has 0 amide bonds. The SMILES string of the molecule is CC.CC.CC1C(O)CCC2(C)C1CCC1(C)C3CCC4(C(=O)O)CCC(C)(C)CC4C3=CCC12.CO. The van der Waals surface area contributed by atoms with Crippen LogP contribution < -0.4 is 0 Å². The van der Waals surface area contributed by atoms with Crippen molar-refractivity contribution in [2.24, 2.45) is 51.2 Å². The van der Waals surface area contributed by atoms with E-state index in [2.05, 4.69) is 40.7 Å². The van der Waals surface area contributed by atoms with Crippen LogP contribution in [0.4, 0.5) is 0 Å². The summed E-state index contributed by atoms with van der Waals surface area (Å²) >= 11 is 0. The lowest BCUT2D eigenvalue weighted by Gasteiger charge is -2.66. The minimum atomic E-state index is -0.537. The summed E-state index contributed by atoms with van der Waals surface area (Å²) in [7, 11) is 1.00. The Kier molecular flexibility index (Phi) is 10.6. The monoisotopic (exact) mass is 520 g/mol. The number of hydrogen-bond donors (Lipinski definition) is 3. The van der Waals surface area contributed by atoms with Crippen molar-refractivity contribution in [3.63, 3.8) is 0 Å². The molecule has 5 aliphatic carbocycles. The second kappa shape index (κ2) is 12.1. The van der Waals surface area contributed by atoms with Gasteiger partial charge in [-0.2, -0.15) is 0 Å². The van der Waals surface area contributed by atoms with Gasteiger partial charge in [0.25, 0.3) is 0 Å². The summed E-state index contributed by atoms with van der Waals surface area (Å²) in [5.74, 6) is 1.93. The first kappa shape index (κ1) is 32.3. The van der Waals surface area contributed by atoms with E-state index in [1.54, 1.807) is 0 Å². The molecule has 37 heavy (non-hydrogen) atoms. The molecule has 4 heteroatoms. The zero-order chi connectivity index (χ0) is 28.4. The lowest BCUT2D eigenvalue weighted by molar-refractivity contribution is -0.170. The molecule has 0 aromatic rings. The highest BCUT2D eigenvalue weighted by atomic mass is 16.4. The summed E-state index contributed by atoms with van der Waals surface area (Å²) in [6.07, 6.45) is 12.9. The van der Waals surface area contributed by atoms with Crippen molar-refractivity contribution in [3.8, 4) is 0 Å². The molecule has 0 bridgehead atoms. The van der Waals surface area contributed by atoms with E-state index in [9.17, 15) is 15.0 Å². The maximum Gasteiger partial charge on any atom is 0.310 e. The van der Waals surface area contributed by atoms with Crippen LogP contribution >= 0.6 is 0 Å². The van der Waals surface area contributed by atoms with Crippen molar-refractivity contribution in [2.75, 3.05) is 7.11 Å². The maximum absolute atomic E-state index is 12.6. The molecule has 4 nitrogen and oxygen atoms in total. The maximum atomic E-state index is 12.6. The Morgan fingerprint density at radius 2 is 1.43 bits per heavy atom. The first-order chi connectivity index (χ1) is 17.4. The molecule has 4 fully saturated rings. The van der Waals surface area contributed by atoms with Gasteiger partial charge in [-0.25, -0.2) is 0 Å². The Hall–Kier alpha value is -0.870. The predicted molar refractivity (Wildman–Crippen MR) is 154 cm³/mol. The molecule has 0 aliphatic heterocycles. The molecule has 216 valence electrons. The largest absolute Gasteiger partial charge is 0.481 e. The number of carbonyl (C=O) groups is 1. The van der Waals surface area contributed by atoms with Crippen LogP contribution in [0.5, 0.6) is 0 Å². The average molecular weight is 521 g/mol. The summed E-state index contributed by atoms with van der Waals surface area (Å²) < 4.78 is 0. The van der Waals surface area contributed by atoms with Gasteiger partial charge < -0.3 is 15.3 Å². The highest BCUT2D eigenvalue weighted by Crippen LogP contribution is 2.70. The third-order valence-corrected chi connectivity index (χ3v) is 11.8. The molecular weight excluding hydrogens is 460 g/mol. The number of rotatable bonds is 1. The molecule has 0 heterocycles. The van der Waals surface area contributed by atoms with Gasteiger partial charge in [0.05, 0.1) is 11.5 Å². The molecule has 0 radical (unpaired) electrons. The fourth-order valence-corrected chi connectivity index (χ4v) is 9.90. The van der Waals surface area contributed by atoms with Crippen molar-refractivity contribution < 1.29 is 20.1 Å². The molecule has 0 saturated heterocycles. The summed E-state index contributed by atoms with van der Waals surface area (Å²) in [5, 5.41) is 27.9. The predicted octanol–water partition coefficient (Wildman–Crippen LogP) is 8.11. The molecule has 4 saturated carbocycles. The number of aliphatic hydroxyl groups is 2. The van der Waals surface area contributed by atoms with Crippen LogP contribution in [0, 0.1) is 51.2 Å². The van der Waals surface area contributed by atoms with Gasteiger partial charge >= 0.3 is 5.97 Å². The smallest absolute Gasteiger partial charge is 0.310 e. The summed E-state index contributed by atoms with van der Waals surface area (Å²) in [5.41, 5.74) is 1.84. The highest BCUT2D eigenvalue weighted by molar-refractivity contribution is 5.76. The molecule has 0 aromatic carbocycles. The van der Waals surface area contributed by atoms with Crippen LogP contribution in [-0.2, 0) is 4.79 Å². The van der Waals surface area contributed by atoms with E-state index >= 15 is 0 Å². The number of aliphatic carboxylic acids is 1. The van der Waals surface area contributed by atoms with E-state index in [0.29, 0.717) is 29.1 Å². The van der Waals surface area contributed by atoms with Crippen molar-refractivity contribution in [1.29, 1.82) is 0 Å². The Labute approximate surface area is 228 Å². The lowest BCUT2D eigenvalue weighted by atomic mass is 9.38. The number of aliphatic hydroxyl groups excluding tert-OH is 2. The number of carboxylic acid groups (broad SMARTS) is 1. The van der Waals surface area contributed by atoms with Crippen LogP contribution in [0.15, 0.2) is 11.6 Å². The fourth-order valence-electron chi connectivity index (χ4n) is 9.90. The standard InChI is InChI=1S/C28H44O3.2C2H6.CH4O/c1-17-19-8-11-27(5)20-9-13-28(24(30)31)15-14-25(2,3)16-21(28)18(20)6-7-23(27)26(19,4)12-10-22(17)29;3*1-2/h6,17,19-23,29H,7-16H2,1-5H3,(H,30,31);2*1-2H3;2H,1H3. The third-order valence-electron chi connectivity index (χ3n) is 11.8. The van der Waals surface area contributed by atoms with Gasteiger partial charge in [0.1, 0.15) is 0 Å². The molecule has 9 atom stereocenters. The minimum absolute atomic E-state index is 0.132. The second-order valence-corrected chi connectivity index (χ2v) is 13.6.